The number of nitrogens with one attached hydrogen (secondary N) is 1. The van der Waals surface area contributed by atoms with E-state index in [2.05, 4.69) is 58.1 Å². The standard InChI is InChI=1S/C17H20N4/c1-18-16(11-17-12-21(2)20-19-17)10-13-7-8-14-5-3-4-6-15(14)9-13/h3-9,12,16,18H,10-11H2,1-2H3. The SMILES string of the molecule is CNC(Cc1ccc2ccccc2c1)Cc1cn(C)nn1. The van der Waals surface area contributed by atoms with Crippen LogP contribution in [-0.2, 0) is 19.9 Å². The van der Waals surface area contributed by atoms with Crippen molar-refractivity contribution >= 4 is 10.8 Å². The molecule has 0 saturated carbocycles. The Kier molecular flexibility index (Phi) is 3.97. The zero-order valence-electron chi connectivity index (χ0n) is 12.5. The minimum Gasteiger partial charge on any atom is -0.316 e. The maximum absolute atomic E-state index is 4.17. The van der Waals surface area contributed by atoms with E-state index in [-0.39, 0.29) is 0 Å². The van der Waals surface area contributed by atoms with Crippen molar-refractivity contribution in [1.82, 2.24) is 20.3 Å². The highest BCUT2D eigenvalue weighted by Gasteiger charge is 2.11. The third-order valence-electron chi connectivity index (χ3n) is 3.81. The Bertz CT molecular complexity index is 732. The molecule has 0 radical (unpaired) electrons. The number of benzene rings is 2. The van der Waals surface area contributed by atoms with Gasteiger partial charge < -0.3 is 5.32 Å². The Hall–Kier alpha value is -2.20. The Morgan fingerprint density at radius 3 is 2.62 bits per heavy atom. The summed E-state index contributed by atoms with van der Waals surface area (Å²) in [5.41, 5.74) is 2.37. The Labute approximate surface area is 124 Å². The Balaban J connectivity index is 1.75. The van der Waals surface area contributed by atoms with Crippen molar-refractivity contribution in [3.63, 3.8) is 0 Å². The molecule has 4 heteroatoms. The van der Waals surface area contributed by atoms with Crippen LogP contribution in [0.1, 0.15) is 11.3 Å². The summed E-state index contributed by atoms with van der Waals surface area (Å²) in [7, 11) is 3.90. The van der Waals surface area contributed by atoms with Gasteiger partial charge in [-0.1, -0.05) is 47.7 Å². The zero-order valence-corrected chi connectivity index (χ0v) is 12.5. The predicted octanol–water partition coefficient (Wildman–Crippen LogP) is 2.34. The largest absolute Gasteiger partial charge is 0.316 e. The first-order valence-corrected chi connectivity index (χ1v) is 7.25. The van der Waals surface area contributed by atoms with E-state index in [0.29, 0.717) is 6.04 Å². The molecule has 2 aromatic carbocycles. The Morgan fingerprint density at radius 1 is 1.10 bits per heavy atom. The van der Waals surface area contributed by atoms with E-state index >= 15 is 0 Å². The maximum Gasteiger partial charge on any atom is 0.0842 e. The van der Waals surface area contributed by atoms with E-state index in [9.17, 15) is 0 Å². The van der Waals surface area contributed by atoms with Crippen LogP contribution in [0, 0.1) is 0 Å². The first kappa shape index (κ1) is 13.8. The number of aryl methyl sites for hydroxylation is 1. The molecule has 0 bridgehead atoms. The average Bonchev–Trinajstić information content (AvgIpc) is 2.91. The molecule has 3 aromatic rings. The first-order chi connectivity index (χ1) is 10.2. The van der Waals surface area contributed by atoms with Crippen molar-refractivity contribution in [3.05, 3.63) is 59.9 Å². The van der Waals surface area contributed by atoms with Gasteiger partial charge in [-0.05, 0) is 29.8 Å². The molecule has 21 heavy (non-hydrogen) atoms. The van der Waals surface area contributed by atoms with Gasteiger partial charge in [0, 0.05) is 25.7 Å². The molecular weight excluding hydrogens is 260 g/mol. The fourth-order valence-electron chi connectivity index (χ4n) is 2.67. The van der Waals surface area contributed by atoms with Crippen molar-refractivity contribution < 1.29 is 0 Å². The van der Waals surface area contributed by atoms with Crippen molar-refractivity contribution in [2.24, 2.45) is 7.05 Å². The number of nitrogens with zero attached hydrogens (tertiary/aromatic N) is 3. The number of rotatable bonds is 5. The molecule has 0 aliphatic carbocycles. The monoisotopic (exact) mass is 280 g/mol. The van der Waals surface area contributed by atoms with Crippen molar-refractivity contribution in [2.45, 2.75) is 18.9 Å². The Morgan fingerprint density at radius 2 is 1.90 bits per heavy atom. The second-order valence-electron chi connectivity index (χ2n) is 5.46. The first-order valence-electron chi connectivity index (χ1n) is 7.25. The highest BCUT2D eigenvalue weighted by atomic mass is 15.4. The summed E-state index contributed by atoms with van der Waals surface area (Å²) in [6.45, 7) is 0. The molecule has 3 rings (SSSR count). The molecular formula is C17H20N4. The second kappa shape index (κ2) is 6.06. The van der Waals surface area contributed by atoms with Gasteiger partial charge in [-0.3, -0.25) is 4.68 Å². The van der Waals surface area contributed by atoms with Crippen LogP contribution in [0.4, 0.5) is 0 Å². The highest BCUT2D eigenvalue weighted by molar-refractivity contribution is 5.82. The van der Waals surface area contributed by atoms with Gasteiger partial charge in [0.25, 0.3) is 0 Å². The third-order valence-corrected chi connectivity index (χ3v) is 3.81. The molecule has 0 amide bonds. The smallest absolute Gasteiger partial charge is 0.0842 e. The van der Waals surface area contributed by atoms with Gasteiger partial charge in [-0.2, -0.15) is 0 Å². The lowest BCUT2D eigenvalue weighted by Gasteiger charge is -2.15. The number of fused-ring (bicyclic) bond motifs is 1. The lowest BCUT2D eigenvalue weighted by Crippen LogP contribution is -2.30. The average molecular weight is 280 g/mol. The molecule has 4 nitrogen and oxygen atoms in total. The molecule has 1 heterocycles. The molecule has 1 aromatic heterocycles. The van der Waals surface area contributed by atoms with Gasteiger partial charge >= 0.3 is 0 Å². The summed E-state index contributed by atoms with van der Waals surface area (Å²) >= 11 is 0. The van der Waals surface area contributed by atoms with Crippen molar-refractivity contribution in [1.29, 1.82) is 0 Å². The normalized spacial score (nSPS) is 12.7. The topological polar surface area (TPSA) is 42.7 Å². The van der Waals surface area contributed by atoms with Crippen LogP contribution in [0.15, 0.2) is 48.7 Å². The van der Waals surface area contributed by atoms with E-state index in [0.717, 1.165) is 18.5 Å². The maximum atomic E-state index is 4.17. The van der Waals surface area contributed by atoms with Crippen molar-refractivity contribution in [2.75, 3.05) is 7.05 Å². The van der Waals surface area contributed by atoms with Gasteiger partial charge in [-0.25, -0.2) is 0 Å². The summed E-state index contributed by atoms with van der Waals surface area (Å²) in [6, 6.07) is 15.5. The van der Waals surface area contributed by atoms with E-state index in [1.807, 2.05) is 20.3 Å². The van der Waals surface area contributed by atoms with Crippen LogP contribution in [0.5, 0.6) is 0 Å². The summed E-state index contributed by atoms with van der Waals surface area (Å²) in [5.74, 6) is 0. The predicted molar refractivity (Wildman–Crippen MR) is 85.2 cm³/mol. The van der Waals surface area contributed by atoms with Crippen LogP contribution in [-0.4, -0.2) is 28.1 Å². The minimum atomic E-state index is 0.364. The molecule has 1 unspecified atom stereocenters. The lowest BCUT2D eigenvalue weighted by molar-refractivity contribution is 0.550. The van der Waals surface area contributed by atoms with Gasteiger partial charge in [0.05, 0.1) is 5.69 Å². The number of aromatic nitrogens is 3. The van der Waals surface area contributed by atoms with Crippen LogP contribution in [0.25, 0.3) is 10.8 Å². The fraction of sp³-hybridized carbons (Fsp3) is 0.294. The molecule has 0 saturated heterocycles. The minimum absolute atomic E-state index is 0.364. The van der Waals surface area contributed by atoms with Crippen LogP contribution < -0.4 is 5.32 Å². The van der Waals surface area contributed by atoms with Gasteiger partial charge in [0.15, 0.2) is 0 Å². The zero-order chi connectivity index (χ0) is 14.7. The van der Waals surface area contributed by atoms with Crippen LogP contribution >= 0.6 is 0 Å². The second-order valence-corrected chi connectivity index (χ2v) is 5.46. The quantitative estimate of drug-likeness (QED) is 0.780. The summed E-state index contributed by atoms with van der Waals surface area (Å²) in [4.78, 5) is 0. The van der Waals surface area contributed by atoms with E-state index in [1.165, 1.54) is 16.3 Å². The van der Waals surface area contributed by atoms with Gasteiger partial charge in [0.1, 0.15) is 0 Å². The van der Waals surface area contributed by atoms with E-state index in [4.69, 9.17) is 0 Å². The van der Waals surface area contributed by atoms with E-state index < -0.39 is 0 Å². The third kappa shape index (κ3) is 3.28. The van der Waals surface area contributed by atoms with Crippen molar-refractivity contribution in [3.8, 4) is 0 Å². The molecule has 0 spiro atoms. The lowest BCUT2D eigenvalue weighted by atomic mass is 9.99. The molecule has 0 fully saturated rings. The number of hydrogen-bond donors (Lipinski definition) is 1. The van der Waals surface area contributed by atoms with Gasteiger partial charge in [-0.15, -0.1) is 5.10 Å². The van der Waals surface area contributed by atoms with E-state index in [1.54, 1.807) is 4.68 Å². The fourth-order valence-corrected chi connectivity index (χ4v) is 2.67. The number of hydrogen-bond acceptors (Lipinski definition) is 3. The molecule has 1 N–H and O–H groups in total. The summed E-state index contributed by atoms with van der Waals surface area (Å²) in [5, 5.41) is 14.1. The van der Waals surface area contributed by atoms with Crippen LogP contribution in [0.3, 0.4) is 0 Å². The molecule has 1 atom stereocenters. The molecule has 0 aliphatic rings. The number of likely N-dealkylation sites (N-methyl/N-ethyl adjacent to an activating group) is 1. The summed E-state index contributed by atoms with van der Waals surface area (Å²) in [6.07, 6.45) is 3.85. The highest BCUT2D eigenvalue weighted by Crippen LogP contribution is 2.17. The molecule has 0 aliphatic heterocycles. The van der Waals surface area contributed by atoms with Crippen LogP contribution in [0.2, 0.25) is 0 Å². The molecule has 108 valence electrons. The summed E-state index contributed by atoms with van der Waals surface area (Å²) < 4.78 is 1.75. The van der Waals surface area contributed by atoms with Gasteiger partial charge in [0.2, 0.25) is 0 Å².